The lowest BCUT2D eigenvalue weighted by Crippen LogP contribution is -2.25. The normalized spacial score (nSPS) is 12.8. The molecule has 0 saturated carbocycles. The molecule has 0 atom stereocenters. The summed E-state index contributed by atoms with van der Waals surface area (Å²) in [5.41, 5.74) is -4.31. The van der Waals surface area contributed by atoms with Crippen molar-refractivity contribution in [2.75, 3.05) is 0 Å². The van der Waals surface area contributed by atoms with Crippen LogP contribution in [0.15, 0.2) is 24.3 Å². The summed E-state index contributed by atoms with van der Waals surface area (Å²) in [6.45, 7) is 1.04. The van der Waals surface area contributed by atoms with E-state index in [1.165, 1.54) is 6.07 Å². The molecule has 1 aromatic carbocycles. The first kappa shape index (κ1) is 13.0. The largest absolute Gasteiger partial charge is 0.523 e. The highest BCUT2D eigenvalue weighted by Crippen LogP contribution is 2.25. The van der Waals surface area contributed by atoms with Crippen LogP contribution in [0.25, 0.3) is 0 Å². The summed E-state index contributed by atoms with van der Waals surface area (Å²) in [6.07, 6.45) is 0. The van der Waals surface area contributed by atoms with E-state index in [2.05, 4.69) is 4.18 Å². The fourth-order valence-corrected chi connectivity index (χ4v) is 1.40. The molecule has 0 spiro atoms. The molecule has 1 rings (SSSR count). The van der Waals surface area contributed by atoms with Gasteiger partial charge in [0.15, 0.2) is 0 Å². The minimum absolute atomic E-state index is 0.398. The van der Waals surface area contributed by atoms with Crippen LogP contribution < -0.4 is 0 Å². The van der Waals surface area contributed by atoms with Gasteiger partial charge < -0.3 is 0 Å². The molecule has 0 fully saturated rings. The van der Waals surface area contributed by atoms with E-state index in [1.54, 1.807) is 25.1 Å². The van der Waals surface area contributed by atoms with E-state index in [0.717, 1.165) is 0 Å². The van der Waals surface area contributed by atoms with E-state index in [1.807, 2.05) is 0 Å². The van der Waals surface area contributed by atoms with Crippen molar-refractivity contribution >= 4 is 10.1 Å². The zero-order valence-corrected chi connectivity index (χ0v) is 9.10. The topological polar surface area (TPSA) is 43.4 Å². The van der Waals surface area contributed by atoms with E-state index < -0.39 is 22.2 Å². The lowest BCUT2D eigenvalue weighted by Gasteiger charge is -2.09. The summed E-state index contributed by atoms with van der Waals surface area (Å²) in [5.74, 6) is 0. The molecule has 16 heavy (non-hydrogen) atoms. The van der Waals surface area contributed by atoms with Gasteiger partial charge >= 0.3 is 15.6 Å². The minimum atomic E-state index is -5.51. The van der Waals surface area contributed by atoms with Crippen molar-refractivity contribution in [3.63, 3.8) is 0 Å². The Kier molecular flexibility index (Phi) is 3.59. The second-order valence-electron chi connectivity index (χ2n) is 3.09. The van der Waals surface area contributed by atoms with Gasteiger partial charge in [0.25, 0.3) is 0 Å². The SMILES string of the molecule is Cc1ccccc1COS(=O)(=O)C(F)(F)F. The molecule has 0 amide bonds. The highest BCUT2D eigenvalue weighted by Gasteiger charge is 2.47. The lowest BCUT2D eigenvalue weighted by molar-refractivity contribution is -0.0548. The van der Waals surface area contributed by atoms with Crippen LogP contribution in [0.1, 0.15) is 11.1 Å². The summed E-state index contributed by atoms with van der Waals surface area (Å²) in [4.78, 5) is 0. The van der Waals surface area contributed by atoms with Gasteiger partial charge in [-0.25, -0.2) is 0 Å². The fourth-order valence-electron chi connectivity index (χ4n) is 0.980. The molecule has 7 heteroatoms. The Bertz CT molecular complexity index is 465. The summed E-state index contributed by atoms with van der Waals surface area (Å²) >= 11 is 0. The third-order valence-corrected chi connectivity index (χ3v) is 2.91. The number of hydrogen-bond donors (Lipinski definition) is 0. The number of hydrogen-bond acceptors (Lipinski definition) is 3. The first-order valence-electron chi connectivity index (χ1n) is 4.24. The molecule has 0 N–H and O–H groups in total. The number of rotatable bonds is 3. The standard InChI is InChI=1S/C9H9F3O3S/c1-7-4-2-3-5-8(7)6-15-16(13,14)9(10,11)12/h2-5H,6H2,1H3. The van der Waals surface area contributed by atoms with Crippen LogP contribution in [0.5, 0.6) is 0 Å². The first-order valence-corrected chi connectivity index (χ1v) is 5.65. The van der Waals surface area contributed by atoms with E-state index in [-0.39, 0.29) is 0 Å². The van der Waals surface area contributed by atoms with E-state index in [4.69, 9.17) is 0 Å². The van der Waals surface area contributed by atoms with Crippen molar-refractivity contribution in [1.29, 1.82) is 0 Å². The quantitative estimate of drug-likeness (QED) is 0.614. The molecule has 0 saturated heterocycles. The second kappa shape index (κ2) is 4.42. The van der Waals surface area contributed by atoms with Crippen molar-refractivity contribution < 1.29 is 25.8 Å². The van der Waals surface area contributed by atoms with Crippen LogP contribution >= 0.6 is 0 Å². The zero-order chi connectivity index (χ0) is 12.4. The van der Waals surface area contributed by atoms with Crippen LogP contribution in [0.2, 0.25) is 0 Å². The second-order valence-corrected chi connectivity index (χ2v) is 4.70. The Balaban J connectivity index is 2.77. The van der Waals surface area contributed by atoms with E-state index in [9.17, 15) is 21.6 Å². The van der Waals surface area contributed by atoms with Gasteiger partial charge in [-0.3, -0.25) is 4.18 Å². The molecule has 0 aromatic heterocycles. The van der Waals surface area contributed by atoms with Gasteiger partial charge in [0.05, 0.1) is 6.61 Å². The van der Waals surface area contributed by atoms with Crippen molar-refractivity contribution in [3.05, 3.63) is 35.4 Å². The Morgan fingerprint density at radius 3 is 2.31 bits per heavy atom. The van der Waals surface area contributed by atoms with Crippen LogP contribution in [0.4, 0.5) is 13.2 Å². The van der Waals surface area contributed by atoms with Crippen molar-refractivity contribution in [3.8, 4) is 0 Å². The van der Waals surface area contributed by atoms with E-state index >= 15 is 0 Å². The van der Waals surface area contributed by atoms with Crippen molar-refractivity contribution in [2.45, 2.75) is 19.0 Å². The molecular formula is C9H9F3O3S. The number of benzene rings is 1. The van der Waals surface area contributed by atoms with Gasteiger partial charge in [0.2, 0.25) is 0 Å². The highest BCUT2D eigenvalue weighted by molar-refractivity contribution is 7.87. The maximum absolute atomic E-state index is 11.9. The predicted molar refractivity (Wildman–Crippen MR) is 50.9 cm³/mol. The molecule has 0 aliphatic heterocycles. The zero-order valence-electron chi connectivity index (χ0n) is 8.28. The average molecular weight is 254 g/mol. The van der Waals surface area contributed by atoms with Crippen molar-refractivity contribution in [1.82, 2.24) is 0 Å². The number of alkyl halides is 3. The van der Waals surface area contributed by atoms with E-state index in [0.29, 0.717) is 11.1 Å². The van der Waals surface area contributed by atoms with Gasteiger partial charge in [-0.1, -0.05) is 24.3 Å². The van der Waals surface area contributed by atoms with Crippen molar-refractivity contribution in [2.24, 2.45) is 0 Å². The predicted octanol–water partition coefficient (Wildman–Crippen LogP) is 2.36. The van der Waals surface area contributed by atoms with Gasteiger partial charge in [0, 0.05) is 0 Å². The molecule has 0 unspecified atom stereocenters. The average Bonchev–Trinajstić information content (AvgIpc) is 2.15. The third kappa shape index (κ3) is 2.96. The van der Waals surface area contributed by atoms with Gasteiger partial charge in [-0.05, 0) is 18.1 Å². The lowest BCUT2D eigenvalue weighted by atomic mass is 10.1. The Morgan fingerprint density at radius 2 is 1.81 bits per heavy atom. The Labute approximate surface area is 91.0 Å². The molecule has 3 nitrogen and oxygen atoms in total. The fraction of sp³-hybridized carbons (Fsp3) is 0.333. The maximum Gasteiger partial charge on any atom is 0.523 e. The van der Waals surface area contributed by atoms with Gasteiger partial charge in [0.1, 0.15) is 0 Å². The Hall–Kier alpha value is -1.08. The van der Waals surface area contributed by atoms with Gasteiger partial charge in [-0.2, -0.15) is 21.6 Å². The molecule has 0 heterocycles. The summed E-state index contributed by atoms with van der Waals surface area (Å²) < 4.78 is 60.9. The van der Waals surface area contributed by atoms with Crippen LogP contribution in [0, 0.1) is 6.92 Å². The summed E-state index contributed by atoms with van der Waals surface area (Å²) in [5, 5.41) is 0. The molecule has 90 valence electrons. The molecule has 0 aliphatic rings. The third-order valence-electron chi connectivity index (χ3n) is 1.91. The van der Waals surface area contributed by atoms with Crippen LogP contribution in [-0.2, 0) is 20.9 Å². The highest BCUT2D eigenvalue weighted by atomic mass is 32.2. The molecular weight excluding hydrogens is 245 g/mol. The Morgan fingerprint density at radius 1 is 1.25 bits per heavy atom. The summed E-state index contributed by atoms with van der Waals surface area (Å²) in [6, 6.07) is 6.43. The van der Waals surface area contributed by atoms with Gasteiger partial charge in [-0.15, -0.1) is 0 Å². The maximum atomic E-state index is 11.9. The number of halogens is 3. The molecule has 0 bridgehead atoms. The molecule has 1 aromatic rings. The molecule has 0 radical (unpaired) electrons. The smallest absolute Gasteiger partial charge is 0.258 e. The summed E-state index contributed by atoms with van der Waals surface area (Å²) in [7, 11) is -5.51. The monoisotopic (exact) mass is 254 g/mol. The first-order chi connectivity index (χ1) is 7.24. The number of aryl methyl sites for hydroxylation is 1. The molecule has 0 aliphatic carbocycles. The minimum Gasteiger partial charge on any atom is -0.258 e. The van der Waals surface area contributed by atoms with Crippen LogP contribution in [0.3, 0.4) is 0 Å². The van der Waals surface area contributed by atoms with Crippen LogP contribution in [-0.4, -0.2) is 13.9 Å².